The minimum Gasteiger partial charge on any atom is -0.478 e. The van der Waals surface area contributed by atoms with Crippen molar-refractivity contribution in [2.45, 2.75) is 20.1 Å². The van der Waals surface area contributed by atoms with Crippen LogP contribution in [0, 0.1) is 5.41 Å². The summed E-state index contributed by atoms with van der Waals surface area (Å²) in [6.07, 6.45) is 1.06. The molecule has 0 aliphatic carbocycles. The standard InChI is InChI=1S/C11H18O6/c1-11(2,10(15-3)16-4)7-17-9(14)6-5-8(12)13/h5-6,10H,7H2,1-4H3,(H,12,13)/b6-5+. The molecule has 0 aliphatic heterocycles. The van der Waals surface area contributed by atoms with Gasteiger partial charge in [-0.2, -0.15) is 0 Å². The molecule has 0 saturated carbocycles. The van der Waals surface area contributed by atoms with E-state index >= 15 is 0 Å². The van der Waals surface area contributed by atoms with Gasteiger partial charge in [0.1, 0.15) is 6.61 Å². The Hall–Kier alpha value is -1.40. The summed E-state index contributed by atoms with van der Waals surface area (Å²) in [5.41, 5.74) is -0.532. The van der Waals surface area contributed by atoms with Gasteiger partial charge in [-0.25, -0.2) is 9.59 Å². The Bertz CT molecular complexity index is 290. The number of carbonyl (C=O) groups is 2. The molecule has 0 aliphatic rings. The molecule has 6 nitrogen and oxygen atoms in total. The molecule has 6 heteroatoms. The van der Waals surface area contributed by atoms with Crippen LogP contribution >= 0.6 is 0 Å². The fourth-order valence-electron chi connectivity index (χ4n) is 1.25. The monoisotopic (exact) mass is 246 g/mol. The minimum atomic E-state index is -1.20. The third kappa shape index (κ3) is 6.03. The van der Waals surface area contributed by atoms with Crippen molar-refractivity contribution in [2.24, 2.45) is 5.41 Å². The van der Waals surface area contributed by atoms with Crippen LogP contribution in [0.3, 0.4) is 0 Å². The van der Waals surface area contributed by atoms with E-state index in [1.807, 2.05) is 0 Å². The quantitative estimate of drug-likeness (QED) is 0.407. The number of ether oxygens (including phenoxy) is 3. The lowest BCUT2D eigenvalue weighted by molar-refractivity contribution is -0.186. The van der Waals surface area contributed by atoms with Crippen LogP contribution in [0.1, 0.15) is 13.8 Å². The van der Waals surface area contributed by atoms with E-state index in [4.69, 9.17) is 19.3 Å². The number of hydrogen-bond donors (Lipinski definition) is 1. The fourth-order valence-corrected chi connectivity index (χ4v) is 1.25. The highest BCUT2D eigenvalue weighted by Gasteiger charge is 2.31. The predicted molar refractivity (Wildman–Crippen MR) is 59.3 cm³/mol. The fraction of sp³-hybridized carbons (Fsp3) is 0.636. The van der Waals surface area contributed by atoms with Crippen LogP contribution in [-0.4, -0.2) is 44.2 Å². The summed E-state index contributed by atoms with van der Waals surface area (Å²) in [6, 6.07) is 0. The van der Waals surface area contributed by atoms with Crippen LogP contribution in [0.25, 0.3) is 0 Å². The van der Waals surface area contributed by atoms with Gasteiger partial charge in [0, 0.05) is 31.8 Å². The molecule has 0 amide bonds. The molecular formula is C11H18O6. The van der Waals surface area contributed by atoms with Gasteiger partial charge in [0.2, 0.25) is 0 Å². The number of esters is 1. The van der Waals surface area contributed by atoms with Crippen molar-refractivity contribution < 1.29 is 28.9 Å². The zero-order valence-electron chi connectivity index (χ0n) is 10.4. The number of carbonyl (C=O) groups excluding carboxylic acids is 1. The number of aliphatic carboxylic acids is 1. The van der Waals surface area contributed by atoms with E-state index in [9.17, 15) is 9.59 Å². The largest absolute Gasteiger partial charge is 0.478 e. The van der Waals surface area contributed by atoms with E-state index in [0.29, 0.717) is 0 Å². The van der Waals surface area contributed by atoms with Crippen molar-refractivity contribution in [2.75, 3.05) is 20.8 Å². The van der Waals surface area contributed by atoms with Gasteiger partial charge in [-0.15, -0.1) is 0 Å². The highest BCUT2D eigenvalue weighted by atomic mass is 16.7. The summed E-state index contributed by atoms with van der Waals surface area (Å²) in [4.78, 5) is 21.3. The third-order valence-electron chi connectivity index (χ3n) is 2.01. The first-order valence-corrected chi connectivity index (χ1v) is 4.97. The smallest absolute Gasteiger partial charge is 0.331 e. The van der Waals surface area contributed by atoms with Crippen molar-refractivity contribution in [1.82, 2.24) is 0 Å². The zero-order valence-corrected chi connectivity index (χ0v) is 10.4. The maximum absolute atomic E-state index is 11.1. The highest BCUT2D eigenvalue weighted by molar-refractivity contribution is 5.90. The number of hydrogen-bond acceptors (Lipinski definition) is 5. The SMILES string of the molecule is COC(OC)C(C)(C)COC(=O)/C=C/C(=O)O. The summed E-state index contributed by atoms with van der Waals surface area (Å²) < 4.78 is 15.0. The van der Waals surface area contributed by atoms with Gasteiger partial charge in [0.15, 0.2) is 6.29 Å². The average Bonchev–Trinajstić information content (AvgIpc) is 2.25. The van der Waals surface area contributed by atoms with Crippen LogP contribution in [-0.2, 0) is 23.8 Å². The van der Waals surface area contributed by atoms with Crippen molar-refractivity contribution in [3.63, 3.8) is 0 Å². The lowest BCUT2D eigenvalue weighted by Crippen LogP contribution is -2.37. The molecule has 0 rings (SSSR count). The van der Waals surface area contributed by atoms with E-state index in [-0.39, 0.29) is 6.61 Å². The van der Waals surface area contributed by atoms with Crippen LogP contribution in [0.2, 0.25) is 0 Å². The molecule has 0 unspecified atom stereocenters. The molecule has 0 heterocycles. The molecule has 0 atom stereocenters. The molecule has 17 heavy (non-hydrogen) atoms. The molecule has 1 N–H and O–H groups in total. The van der Waals surface area contributed by atoms with Crippen molar-refractivity contribution in [1.29, 1.82) is 0 Å². The Morgan fingerprint density at radius 3 is 2.18 bits per heavy atom. The van der Waals surface area contributed by atoms with E-state index in [1.165, 1.54) is 14.2 Å². The molecule has 0 saturated heterocycles. The topological polar surface area (TPSA) is 82.1 Å². The van der Waals surface area contributed by atoms with E-state index in [1.54, 1.807) is 13.8 Å². The Balaban J connectivity index is 4.26. The number of rotatable bonds is 7. The van der Waals surface area contributed by atoms with Gasteiger partial charge >= 0.3 is 11.9 Å². The van der Waals surface area contributed by atoms with Crippen molar-refractivity contribution in [3.05, 3.63) is 12.2 Å². The van der Waals surface area contributed by atoms with E-state index < -0.39 is 23.6 Å². The molecule has 0 aromatic carbocycles. The predicted octanol–water partition coefficient (Wildman–Crippen LogP) is 0.815. The van der Waals surface area contributed by atoms with Crippen LogP contribution in [0.4, 0.5) is 0 Å². The van der Waals surface area contributed by atoms with Crippen LogP contribution in [0.5, 0.6) is 0 Å². The first kappa shape index (κ1) is 15.6. The highest BCUT2D eigenvalue weighted by Crippen LogP contribution is 2.23. The van der Waals surface area contributed by atoms with Gasteiger partial charge < -0.3 is 19.3 Å². The molecular weight excluding hydrogens is 228 g/mol. The lowest BCUT2D eigenvalue weighted by atomic mass is 9.94. The summed E-state index contributed by atoms with van der Waals surface area (Å²) in [6.45, 7) is 3.67. The molecule has 0 fully saturated rings. The normalized spacial score (nSPS) is 12.1. The molecule has 0 aromatic rings. The molecule has 0 spiro atoms. The Morgan fingerprint density at radius 2 is 1.76 bits per heavy atom. The van der Waals surface area contributed by atoms with E-state index in [2.05, 4.69) is 0 Å². The Morgan fingerprint density at radius 1 is 1.24 bits per heavy atom. The van der Waals surface area contributed by atoms with Gasteiger partial charge in [0.25, 0.3) is 0 Å². The third-order valence-corrected chi connectivity index (χ3v) is 2.01. The van der Waals surface area contributed by atoms with Crippen molar-refractivity contribution in [3.8, 4) is 0 Å². The zero-order chi connectivity index (χ0) is 13.5. The van der Waals surface area contributed by atoms with Gasteiger partial charge in [-0.1, -0.05) is 13.8 Å². The Kier molecular flexibility index (Phi) is 6.45. The van der Waals surface area contributed by atoms with Crippen LogP contribution in [0.15, 0.2) is 12.2 Å². The summed E-state index contributed by atoms with van der Waals surface area (Å²) in [5.74, 6) is -1.92. The van der Waals surface area contributed by atoms with Gasteiger partial charge in [-0.3, -0.25) is 0 Å². The molecule has 0 aromatic heterocycles. The first-order chi connectivity index (χ1) is 7.83. The minimum absolute atomic E-state index is 0.0577. The second-order valence-electron chi connectivity index (χ2n) is 4.07. The molecule has 0 radical (unpaired) electrons. The maximum atomic E-state index is 11.1. The van der Waals surface area contributed by atoms with Crippen LogP contribution < -0.4 is 0 Å². The Labute approximate surface area is 100 Å². The maximum Gasteiger partial charge on any atom is 0.331 e. The average molecular weight is 246 g/mol. The first-order valence-electron chi connectivity index (χ1n) is 4.97. The second-order valence-corrected chi connectivity index (χ2v) is 4.07. The summed E-state index contributed by atoms with van der Waals surface area (Å²) in [7, 11) is 2.98. The van der Waals surface area contributed by atoms with Crippen molar-refractivity contribution >= 4 is 11.9 Å². The summed E-state index contributed by atoms with van der Waals surface area (Å²) in [5, 5.41) is 8.32. The molecule has 98 valence electrons. The lowest BCUT2D eigenvalue weighted by Gasteiger charge is -2.30. The molecule has 0 bridgehead atoms. The van der Waals surface area contributed by atoms with Gasteiger partial charge in [0.05, 0.1) is 0 Å². The summed E-state index contributed by atoms with van der Waals surface area (Å²) >= 11 is 0. The van der Waals surface area contributed by atoms with Gasteiger partial charge in [-0.05, 0) is 0 Å². The van der Waals surface area contributed by atoms with E-state index in [0.717, 1.165) is 12.2 Å². The number of carboxylic acids is 1. The second kappa shape index (κ2) is 7.03. The number of carboxylic acid groups (broad SMARTS) is 1. The number of methoxy groups -OCH3 is 2.